The topological polar surface area (TPSA) is 56.8 Å². The summed E-state index contributed by atoms with van der Waals surface area (Å²) in [6, 6.07) is 17.4. The van der Waals surface area contributed by atoms with Crippen molar-refractivity contribution in [1.82, 2.24) is 15.2 Å². The average Bonchev–Trinajstić information content (AvgIpc) is 2.73. The van der Waals surface area contributed by atoms with Crippen LogP contribution in [0.5, 0.6) is 0 Å². The number of carbonyl (C=O) groups excluding carboxylic acids is 1. The molecule has 1 saturated heterocycles. The summed E-state index contributed by atoms with van der Waals surface area (Å²) in [7, 11) is 1.75. The lowest BCUT2D eigenvalue weighted by Crippen LogP contribution is -2.46. The smallest absolute Gasteiger partial charge is 0.269 e. The van der Waals surface area contributed by atoms with Crippen molar-refractivity contribution in [2.75, 3.05) is 51.9 Å². The standard InChI is InChI=1S/C21H28N4O2/c1-27-16-15-24-11-13-25(14-12-24)17-18-7-9-19(10-8-18)21(26)23-22-20-5-3-2-4-6-20/h2-10,22H,11-17H2,1H3,(H,23,26). The maximum Gasteiger partial charge on any atom is 0.269 e. The largest absolute Gasteiger partial charge is 0.383 e. The summed E-state index contributed by atoms with van der Waals surface area (Å²) < 4.78 is 5.15. The van der Waals surface area contributed by atoms with Crippen LogP contribution in [0.4, 0.5) is 5.69 Å². The summed E-state index contributed by atoms with van der Waals surface area (Å²) in [6.07, 6.45) is 0. The molecule has 144 valence electrons. The Kier molecular flexibility index (Phi) is 7.21. The number of carbonyl (C=O) groups is 1. The van der Waals surface area contributed by atoms with Gasteiger partial charge in [0.1, 0.15) is 0 Å². The molecule has 2 aromatic carbocycles. The summed E-state index contributed by atoms with van der Waals surface area (Å²) in [6.45, 7) is 7.00. The van der Waals surface area contributed by atoms with Crippen LogP contribution in [-0.2, 0) is 11.3 Å². The van der Waals surface area contributed by atoms with Gasteiger partial charge in [-0.15, -0.1) is 0 Å². The first-order valence-electron chi connectivity index (χ1n) is 9.38. The van der Waals surface area contributed by atoms with E-state index in [1.165, 1.54) is 5.56 Å². The number of ether oxygens (including phenoxy) is 1. The van der Waals surface area contributed by atoms with E-state index in [0.717, 1.165) is 51.6 Å². The van der Waals surface area contributed by atoms with E-state index in [4.69, 9.17) is 4.74 Å². The first-order chi connectivity index (χ1) is 13.2. The zero-order valence-electron chi connectivity index (χ0n) is 15.9. The third-order valence-electron chi connectivity index (χ3n) is 4.79. The summed E-state index contributed by atoms with van der Waals surface area (Å²) >= 11 is 0. The Bertz CT molecular complexity index is 698. The number of piperazine rings is 1. The number of hydrogen-bond acceptors (Lipinski definition) is 5. The summed E-state index contributed by atoms with van der Waals surface area (Å²) in [5.41, 5.74) is 8.37. The lowest BCUT2D eigenvalue weighted by atomic mass is 10.1. The Morgan fingerprint density at radius 1 is 0.963 bits per heavy atom. The lowest BCUT2D eigenvalue weighted by Gasteiger charge is -2.34. The van der Waals surface area contributed by atoms with Gasteiger partial charge in [-0.25, -0.2) is 0 Å². The molecule has 27 heavy (non-hydrogen) atoms. The van der Waals surface area contributed by atoms with Gasteiger partial charge in [-0.05, 0) is 29.8 Å². The van der Waals surface area contributed by atoms with E-state index in [1.54, 1.807) is 7.11 Å². The molecule has 6 heteroatoms. The molecule has 3 rings (SSSR count). The number of methoxy groups -OCH3 is 1. The highest BCUT2D eigenvalue weighted by atomic mass is 16.5. The molecule has 2 N–H and O–H groups in total. The Balaban J connectivity index is 1.44. The maximum atomic E-state index is 12.2. The van der Waals surface area contributed by atoms with Crippen molar-refractivity contribution >= 4 is 11.6 Å². The summed E-state index contributed by atoms with van der Waals surface area (Å²) in [5.74, 6) is -0.142. The minimum Gasteiger partial charge on any atom is -0.383 e. The highest BCUT2D eigenvalue weighted by Crippen LogP contribution is 2.11. The van der Waals surface area contributed by atoms with Gasteiger partial charge < -0.3 is 4.74 Å². The van der Waals surface area contributed by atoms with Crippen molar-refractivity contribution in [3.8, 4) is 0 Å². The van der Waals surface area contributed by atoms with Crippen LogP contribution in [0.1, 0.15) is 15.9 Å². The van der Waals surface area contributed by atoms with Crippen LogP contribution in [0.3, 0.4) is 0 Å². The SMILES string of the molecule is COCCN1CCN(Cc2ccc(C(=O)NNc3ccccc3)cc2)CC1. The quantitative estimate of drug-likeness (QED) is 0.700. The van der Waals surface area contributed by atoms with Gasteiger partial charge in [-0.3, -0.25) is 25.4 Å². The van der Waals surface area contributed by atoms with Gasteiger partial charge in [-0.2, -0.15) is 0 Å². The van der Waals surface area contributed by atoms with Crippen LogP contribution in [0, 0.1) is 0 Å². The number of rotatable bonds is 8. The molecule has 0 bridgehead atoms. The van der Waals surface area contributed by atoms with Crippen molar-refractivity contribution in [2.24, 2.45) is 0 Å². The number of nitrogens with zero attached hydrogens (tertiary/aromatic N) is 2. The number of hydrazine groups is 1. The molecular weight excluding hydrogens is 340 g/mol. The van der Waals surface area contributed by atoms with Crippen molar-refractivity contribution in [3.63, 3.8) is 0 Å². The highest BCUT2D eigenvalue weighted by molar-refractivity contribution is 5.94. The molecule has 1 heterocycles. The molecule has 1 fully saturated rings. The number of anilines is 1. The predicted octanol–water partition coefficient (Wildman–Crippen LogP) is 2.21. The molecule has 2 aromatic rings. The van der Waals surface area contributed by atoms with Gasteiger partial charge in [-0.1, -0.05) is 30.3 Å². The highest BCUT2D eigenvalue weighted by Gasteiger charge is 2.16. The minimum absolute atomic E-state index is 0.142. The molecule has 0 spiro atoms. The first kappa shape index (κ1) is 19.4. The zero-order chi connectivity index (χ0) is 18.9. The zero-order valence-corrected chi connectivity index (χ0v) is 15.9. The number of hydrogen-bond donors (Lipinski definition) is 2. The molecular formula is C21H28N4O2. The Labute approximate surface area is 161 Å². The second-order valence-corrected chi connectivity index (χ2v) is 6.75. The second-order valence-electron chi connectivity index (χ2n) is 6.75. The van der Waals surface area contributed by atoms with Crippen molar-refractivity contribution in [1.29, 1.82) is 0 Å². The number of benzene rings is 2. The molecule has 0 radical (unpaired) electrons. The Morgan fingerprint density at radius 3 is 2.30 bits per heavy atom. The minimum atomic E-state index is -0.142. The van der Waals surface area contributed by atoms with E-state index in [1.807, 2.05) is 54.6 Å². The van der Waals surface area contributed by atoms with Gasteiger partial charge in [0, 0.05) is 51.9 Å². The number of amides is 1. The molecule has 0 aromatic heterocycles. The van der Waals surface area contributed by atoms with Gasteiger partial charge in [0.05, 0.1) is 12.3 Å². The number of nitrogens with one attached hydrogen (secondary N) is 2. The lowest BCUT2D eigenvalue weighted by molar-refractivity contribution is 0.0937. The second kappa shape index (κ2) is 10.1. The average molecular weight is 368 g/mol. The molecule has 1 amide bonds. The normalized spacial score (nSPS) is 15.4. The predicted molar refractivity (Wildman–Crippen MR) is 108 cm³/mol. The van der Waals surface area contributed by atoms with Crippen molar-refractivity contribution in [3.05, 3.63) is 65.7 Å². The van der Waals surface area contributed by atoms with Crippen LogP contribution in [-0.4, -0.2) is 62.1 Å². The van der Waals surface area contributed by atoms with Crippen molar-refractivity contribution in [2.45, 2.75) is 6.54 Å². The summed E-state index contributed by atoms with van der Waals surface area (Å²) in [4.78, 5) is 17.1. The van der Waals surface area contributed by atoms with Gasteiger partial charge >= 0.3 is 0 Å². The molecule has 0 saturated carbocycles. The molecule has 6 nitrogen and oxygen atoms in total. The van der Waals surface area contributed by atoms with Gasteiger partial charge in [0.15, 0.2) is 0 Å². The van der Waals surface area contributed by atoms with Crippen LogP contribution in [0.25, 0.3) is 0 Å². The summed E-state index contributed by atoms with van der Waals surface area (Å²) in [5, 5.41) is 0. The monoisotopic (exact) mass is 368 g/mol. The molecule has 1 aliphatic rings. The van der Waals surface area contributed by atoms with E-state index in [9.17, 15) is 4.79 Å². The van der Waals surface area contributed by atoms with E-state index in [-0.39, 0.29) is 5.91 Å². The fourth-order valence-corrected chi connectivity index (χ4v) is 3.13. The third-order valence-corrected chi connectivity index (χ3v) is 4.79. The van der Waals surface area contributed by atoms with Crippen LogP contribution >= 0.6 is 0 Å². The van der Waals surface area contributed by atoms with Crippen LogP contribution < -0.4 is 10.9 Å². The van der Waals surface area contributed by atoms with E-state index < -0.39 is 0 Å². The maximum absolute atomic E-state index is 12.2. The first-order valence-corrected chi connectivity index (χ1v) is 9.38. The van der Waals surface area contributed by atoms with Crippen molar-refractivity contribution < 1.29 is 9.53 Å². The van der Waals surface area contributed by atoms with E-state index in [0.29, 0.717) is 5.56 Å². The van der Waals surface area contributed by atoms with Gasteiger partial charge in [0.2, 0.25) is 0 Å². The molecule has 1 aliphatic heterocycles. The van der Waals surface area contributed by atoms with E-state index in [2.05, 4.69) is 20.7 Å². The van der Waals surface area contributed by atoms with Gasteiger partial charge in [0.25, 0.3) is 5.91 Å². The van der Waals surface area contributed by atoms with Crippen LogP contribution in [0.15, 0.2) is 54.6 Å². The molecule has 0 atom stereocenters. The molecule has 0 unspecified atom stereocenters. The number of para-hydroxylation sites is 1. The Morgan fingerprint density at radius 2 is 1.63 bits per heavy atom. The fraction of sp³-hybridized carbons (Fsp3) is 0.381. The Hall–Kier alpha value is -2.41. The van der Waals surface area contributed by atoms with E-state index >= 15 is 0 Å². The third kappa shape index (κ3) is 6.06. The molecule has 0 aliphatic carbocycles. The van der Waals surface area contributed by atoms with Crippen LogP contribution in [0.2, 0.25) is 0 Å². The fourth-order valence-electron chi connectivity index (χ4n) is 3.13.